The molecule has 1 aromatic rings. The van der Waals surface area contributed by atoms with Crippen molar-refractivity contribution in [2.45, 2.75) is 32.7 Å². The van der Waals surface area contributed by atoms with Crippen molar-refractivity contribution in [1.82, 2.24) is 9.80 Å². The van der Waals surface area contributed by atoms with Crippen molar-refractivity contribution in [2.24, 2.45) is 0 Å². The Balaban J connectivity index is 2.15. The van der Waals surface area contributed by atoms with E-state index in [-0.39, 0.29) is 17.9 Å². The number of Topliss-reactive ketones (excluding diaryl/α,β-unsaturated/α-hetero) is 1. The Hall–Kier alpha value is -1.84. The van der Waals surface area contributed by atoms with Gasteiger partial charge >= 0.3 is 6.03 Å². The molecule has 2 rings (SSSR count). The molecule has 2 amide bonds. The summed E-state index contributed by atoms with van der Waals surface area (Å²) < 4.78 is 0. The molecule has 1 unspecified atom stereocenters. The molecule has 0 spiro atoms. The maximum absolute atomic E-state index is 12.5. The lowest BCUT2D eigenvalue weighted by atomic mass is 10.0. The summed E-state index contributed by atoms with van der Waals surface area (Å²) in [5.41, 5.74) is 0.691. The third-order valence-corrected chi connectivity index (χ3v) is 3.89. The molecule has 0 N–H and O–H groups in total. The van der Waals surface area contributed by atoms with Gasteiger partial charge in [-0.3, -0.25) is 4.79 Å². The maximum atomic E-state index is 12.5. The van der Waals surface area contributed by atoms with E-state index in [1.54, 1.807) is 9.80 Å². The number of urea groups is 1. The van der Waals surface area contributed by atoms with Gasteiger partial charge < -0.3 is 9.80 Å². The van der Waals surface area contributed by atoms with E-state index in [4.69, 9.17) is 0 Å². The first-order chi connectivity index (χ1) is 9.69. The summed E-state index contributed by atoms with van der Waals surface area (Å²) in [4.78, 5) is 28.5. The number of hydrogen-bond donors (Lipinski definition) is 0. The van der Waals surface area contributed by atoms with E-state index >= 15 is 0 Å². The number of hydrogen-bond acceptors (Lipinski definition) is 2. The zero-order valence-corrected chi connectivity index (χ0v) is 12.2. The van der Waals surface area contributed by atoms with Gasteiger partial charge in [-0.1, -0.05) is 30.3 Å². The van der Waals surface area contributed by atoms with Gasteiger partial charge in [0.25, 0.3) is 0 Å². The summed E-state index contributed by atoms with van der Waals surface area (Å²) >= 11 is 0. The molecule has 0 radical (unpaired) electrons. The highest BCUT2D eigenvalue weighted by Gasteiger charge is 2.35. The molecule has 4 heteroatoms. The first-order valence-electron chi connectivity index (χ1n) is 7.33. The van der Waals surface area contributed by atoms with E-state index in [9.17, 15) is 9.59 Å². The van der Waals surface area contributed by atoms with Crippen LogP contribution in [0.15, 0.2) is 30.3 Å². The second-order valence-corrected chi connectivity index (χ2v) is 5.04. The Morgan fingerprint density at radius 3 is 2.45 bits per heavy atom. The van der Waals surface area contributed by atoms with Gasteiger partial charge in [-0.2, -0.15) is 0 Å². The van der Waals surface area contributed by atoms with Crippen LogP contribution < -0.4 is 0 Å². The Bertz CT molecular complexity index is 469. The fourth-order valence-electron chi connectivity index (χ4n) is 2.74. The minimum Gasteiger partial charge on any atom is -0.325 e. The molecule has 1 heterocycles. The lowest BCUT2D eigenvalue weighted by Gasteiger charge is -2.30. The molecule has 0 bridgehead atoms. The Morgan fingerprint density at radius 1 is 1.20 bits per heavy atom. The number of rotatable bonds is 4. The topological polar surface area (TPSA) is 40.6 Å². The highest BCUT2D eigenvalue weighted by atomic mass is 16.2. The highest BCUT2D eigenvalue weighted by molar-refractivity contribution is 6.02. The van der Waals surface area contributed by atoms with E-state index in [1.165, 1.54) is 0 Å². The number of nitrogens with zero attached hydrogens (tertiary/aromatic N) is 2. The molecule has 0 saturated carbocycles. The molecule has 4 nitrogen and oxygen atoms in total. The fourth-order valence-corrected chi connectivity index (χ4v) is 2.74. The quantitative estimate of drug-likeness (QED) is 0.792. The third kappa shape index (κ3) is 2.84. The molecule has 108 valence electrons. The number of carbonyl (C=O) groups is 2. The van der Waals surface area contributed by atoms with Gasteiger partial charge in [0, 0.05) is 25.2 Å². The molecular weight excluding hydrogens is 252 g/mol. The number of ketones is 1. The summed E-state index contributed by atoms with van der Waals surface area (Å²) in [7, 11) is 0. The Kier molecular flexibility index (Phi) is 4.77. The van der Waals surface area contributed by atoms with Gasteiger partial charge in [0.1, 0.15) is 0 Å². The molecule has 1 aromatic carbocycles. The second kappa shape index (κ2) is 6.55. The fraction of sp³-hybridized carbons (Fsp3) is 0.500. The molecular formula is C16H22N2O2. The summed E-state index contributed by atoms with van der Waals surface area (Å²) in [6, 6.07) is 8.94. The molecule has 1 saturated heterocycles. The predicted molar refractivity (Wildman–Crippen MR) is 78.8 cm³/mol. The van der Waals surface area contributed by atoms with E-state index < -0.39 is 0 Å². The van der Waals surface area contributed by atoms with Gasteiger partial charge in [0.15, 0.2) is 5.78 Å². The molecule has 1 aliphatic heterocycles. The van der Waals surface area contributed by atoms with Crippen LogP contribution in [0.25, 0.3) is 0 Å². The Labute approximate surface area is 120 Å². The van der Waals surface area contributed by atoms with Crippen molar-refractivity contribution >= 4 is 11.8 Å². The van der Waals surface area contributed by atoms with Crippen molar-refractivity contribution in [3.63, 3.8) is 0 Å². The minimum absolute atomic E-state index is 0.0122. The van der Waals surface area contributed by atoms with Crippen LogP contribution in [-0.2, 0) is 0 Å². The highest BCUT2D eigenvalue weighted by Crippen LogP contribution is 2.22. The van der Waals surface area contributed by atoms with E-state index in [1.807, 2.05) is 44.2 Å². The normalized spacial score (nSPS) is 18.1. The van der Waals surface area contributed by atoms with Crippen LogP contribution in [0.3, 0.4) is 0 Å². The number of likely N-dealkylation sites (tertiary alicyclic amines) is 1. The average molecular weight is 274 g/mol. The van der Waals surface area contributed by atoms with Crippen LogP contribution in [0.1, 0.15) is 37.0 Å². The number of amides is 2. The smallest absolute Gasteiger partial charge is 0.320 e. The van der Waals surface area contributed by atoms with E-state index in [0.29, 0.717) is 25.2 Å². The maximum Gasteiger partial charge on any atom is 0.320 e. The van der Waals surface area contributed by atoms with E-state index in [0.717, 1.165) is 12.8 Å². The first kappa shape index (κ1) is 14.6. The van der Waals surface area contributed by atoms with Crippen LogP contribution in [0.4, 0.5) is 4.79 Å². The summed E-state index contributed by atoms with van der Waals surface area (Å²) in [6.07, 6.45) is 1.66. The van der Waals surface area contributed by atoms with Gasteiger partial charge in [0.2, 0.25) is 0 Å². The van der Waals surface area contributed by atoms with Crippen molar-refractivity contribution in [2.75, 3.05) is 19.6 Å². The predicted octanol–water partition coefficient (Wildman–Crippen LogP) is 2.80. The second-order valence-electron chi connectivity index (χ2n) is 5.04. The third-order valence-electron chi connectivity index (χ3n) is 3.89. The summed E-state index contributed by atoms with van der Waals surface area (Å²) in [5.74, 6) is 0.0589. The van der Waals surface area contributed by atoms with Crippen LogP contribution in [-0.4, -0.2) is 47.3 Å². The monoisotopic (exact) mass is 274 g/mol. The Morgan fingerprint density at radius 2 is 1.85 bits per heavy atom. The summed E-state index contributed by atoms with van der Waals surface area (Å²) in [6.45, 7) is 5.96. The molecule has 1 atom stereocenters. The van der Waals surface area contributed by atoms with Crippen LogP contribution in [0.5, 0.6) is 0 Å². The van der Waals surface area contributed by atoms with Crippen LogP contribution in [0, 0.1) is 0 Å². The largest absolute Gasteiger partial charge is 0.325 e. The minimum atomic E-state index is -0.300. The standard InChI is InChI=1S/C16H22N2O2/c1-3-17(4-2)16(20)18-12-8-11-14(18)15(19)13-9-6-5-7-10-13/h5-7,9-10,14H,3-4,8,11-12H2,1-2H3. The molecule has 1 aliphatic rings. The van der Waals surface area contributed by atoms with Crippen molar-refractivity contribution in [1.29, 1.82) is 0 Å². The average Bonchev–Trinajstić information content (AvgIpc) is 2.98. The lowest BCUT2D eigenvalue weighted by molar-refractivity contribution is 0.0862. The zero-order chi connectivity index (χ0) is 14.5. The van der Waals surface area contributed by atoms with Crippen molar-refractivity contribution in [3.8, 4) is 0 Å². The van der Waals surface area contributed by atoms with Gasteiger partial charge in [-0.25, -0.2) is 4.79 Å². The van der Waals surface area contributed by atoms with Crippen LogP contribution >= 0.6 is 0 Å². The number of carbonyl (C=O) groups excluding carboxylic acids is 2. The first-order valence-corrected chi connectivity index (χ1v) is 7.33. The van der Waals surface area contributed by atoms with Crippen LogP contribution in [0.2, 0.25) is 0 Å². The van der Waals surface area contributed by atoms with Gasteiger partial charge in [0.05, 0.1) is 6.04 Å². The van der Waals surface area contributed by atoms with Gasteiger partial charge in [-0.15, -0.1) is 0 Å². The van der Waals surface area contributed by atoms with E-state index in [2.05, 4.69) is 0 Å². The molecule has 0 aromatic heterocycles. The SMILES string of the molecule is CCN(CC)C(=O)N1CCCC1C(=O)c1ccccc1. The van der Waals surface area contributed by atoms with Crippen molar-refractivity contribution in [3.05, 3.63) is 35.9 Å². The molecule has 0 aliphatic carbocycles. The lowest BCUT2D eigenvalue weighted by Crippen LogP contribution is -2.47. The summed E-state index contributed by atoms with van der Waals surface area (Å²) in [5, 5.41) is 0. The molecule has 20 heavy (non-hydrogen) atoms. The van der Waals surface area contributed by atoms with Crippen molar-refractivity contribution < 1.29 is 9.59 Å². The molecule has 1 fully saturated rings. The zero-order valence-electron chi connectivity index (χ0n) is 12.2. The van der Waals surface area contributed by atoms with Gasteiger partial charge in [-0.05, 0) is 26.7 Å². The number of benzene rings is 1.